The van der Waals surface area contributed by atoms with Gasteiger partial charge in [-0.05, 0) is 67.4 Å². The lowest BCUT2D eigenvalue weighted by Crippen LogP contribution is -2.23. The number of hydrogen-bond acceptors (Lipinski definition) is 2. The molecule has 1 atom stereocenters. The Morgan fingerprint density at radius 1 is 1.11 bits per heavy atom. The summed E-state index contributed by atoms with van der Waals surface area (Å²) in [5.74, 6) is 2.69. The summed E-state index contributed by atoms with van der Waals surface area (Å²) in [7, 11) is 0. The molecule has 2 heteroatoms. The summed E-state index contributed by atoms with van der Waals surface area (Å²) < 4.78 is 5.84. The van der Waals surface area contributed by atoms with Crippen molar-refractivity contribution in [2.24, 2.45) is 5.41 Å². The van der Waals surface area contributed by atoms with Gasteiger partial charge in [0.2, 0.25) is 0 Å². The van der Waals surface area contributed by atoms with Crippen LogP contribution < -0.4 is 0 Å². The second-order valence-electron chi connectivity index (χ2n) is 6.63. The first-order chi connectivity index (χ1) is 9.29. The van der Waals surface area contributed by atoms with Crippen LogP contribution in [0.3, 0.4) is 0 Å². The fourth-order valence-corrected chi connectivity index (χ4v) is 4.46. The number of allylic oxidation sites excluding steroid dienone is 1. The molecule has 0 amide bonds. The summed E-state index contributed by atoms with van der Waals surface area (Å²) in [5, 5.41) is 0. The Kier molecular flexibility index (Phi) is 6.63. The summed E-state index contributed by atoms with van der Waals surface area (Å²) >= 11 is 2.15. The van der Waals surface area contributed by atoms with Gasteiger partial charge in [0.1, 0.15) is 0 Å². The first-order valence-corrected chi connectivity index (χ1v) is 9.31. The maximum Gasteiger partial charge on any atom is 0.0878 e. The molecule has 1 nitrogen and oxygen atoms in total. The highest BCUT2D eigenvalue weighted by atomic mass is 32.2. The van der Waals surface area contributed by atoms with Crippen molar-refractivity contribution in [3.8, 4) is 0 Å². The normalized spacial score (nSPS) is 29.4. The molecule has 2 fully saturated rings. The highest BCUT2D eigenvalue weighted by molar-refractivity contribution is 7.99. The molecule has 0 aromatic rings. The Morgan fingerprint density at radius 3 is 2.74 bits per heavy atom. The van der Waals surface area contributed by atoms with E-state index >= 15 is 0 Å². The number of ether oxygens (including phenoxy) is 1. The van der Waals surface area contributed by atoms with Gasteiger partial charge in [-0.25, -0.2) is 0 Å². The van der Waals surface area contributed by atoms with Crippen molar-refractivity contribution < 1.29 is 4.74 Å². The summed E-state index contributed by atoms with van der Waals surface area (Å²) in [5.41, 5.74) is 2.05. The van der Waals surface area contributed by atoms with E-state index in [0.29, 0.717) is 5.41 Å². The first-order valence-electron chi connectivity index (χ1n) is 8.16. The third-order valence-electron chi connectivity index (χ3n) is 4.59. The average molecular weight is 282 g/mol. The predicted molar refractivity (Wildman–Crippen MR) is 85.6 cm³/mol. The van der Waals surface area contributed by atoms with E-state index in [2.05, 4.69) is 24.9 Å². The van der Waals surface area contributed by atoms with Crippen molar-refractivity contribution >= 4 is 11.8 Å². The maximum absolute atomic E-state index is 5.84. The molecule has 0 radical (unpaired) electrons. The first kappa shape index (κ1) is 15.3. The highest BCUT2D eigenvalue weighted by Crippen LogP contribution is 2.35. The van der Waals surface area contributed by atoms with Crippen LogP contribution in [0.2, 0.25) is 0 Å². The van der Waals surface area contributed by atoms with Gasteiger partial charge in [0, 0.05) is 0 Å². The van der Waals surface area contributed by atoms with Crippen LogP contribution in [-0.4, -0.2) is 18.1 Å². The average Bonchev–Trinajstić information content (AvgIpc) is 2.41. The molecule has 2 rings (SSSR count). The van der Waals surface area contributed by atoms with Gasteiger partial charge in [-0.3, -0.25) is 0 Å². The second-order valence-corrected chi connectivity index (χ2v) is 7.74. The molecule has 1 aliphatic carbocycles. The van der Waals surface area contributed by atoms with Crippen LogP contribution in [0.25, 0.3) is 0 Å². The van der Waals surface area contributed by atoms with Crippen molar-refractivity contribution in [3.05, 3.63) is 11.8 Å². The van der Waals surface area contributed by atoms with E-state index < -0.39 is 0 Å². The zero-order valence-corrected chi connectivity index (χ0v) is 13.4. The van der Waals surface area contributed by atoms with Crippen molar-refractivity contribution in [1.82, 2.24) is 0 Å². The van der Waals surface area contributed by atoms with Crippen LogP contribution in [0.4, 0.5) is 0 Å². The Labute approximate surface area is 123 Å². The predicted octanol–water partition coefficient (Wildman–Crippen LogP) is 5.55. The molecule has 0 N–H and O–H groups in total. The summed E-state index contributed by atoms with van der Waals surface area (Å²) in [4.78, 5) is 0. The topological polar surface area (TPSA) is 9.23 Å². The summed E-state index contributed by atoms with van der Waals surface area (Å²) in [6, 6.07) is 0. The zero-order valence-electron chi connectivity index (χ0n) is 12.6. The Balaban J connectivity index is 1.67. The smallest absolute Gasteiger partial charge is 0.0878 e. The van der Waals surface area contributed by atoms with Crippen molar-refractivity contribution in [1.29, 1.82) is 0 Å². The lowest BCUT2D eigenvalue weighted by Gasteiger charge is -2.31. The Hall–Kier alpha value is -0.110. The van der Waals surface area contributed by atoms with Gasteiger partial charge >= 0.3 is 0 Å². The van der Waals surface area contributed by atoms with Gasteiger partial charge in [-0.1, -0.05) is 26.2 Å². The lowest BCUT2D eigenvalue weighted by atomic mass is 9.83. The largest absolute Gasteiger partial charge is 0.501 e. The molecule has 0 aromatic carbocycles. The van der Waals surface area contributed by atoms with Crippen LogP contribution in [0, 0.1) is 5.41 Å². The summed E-state index contributed by atoms with van der Waals surface area (Å²) in [6.07, 6.45) is 15.6. The molecule has 1 heterocycles. The standard InChI is InChI=1S/C17H30OS/c1-17(10-6-3-7-13-19-15-17)11-12-18-14-16-8-4-2-5-9-16/h14H,2-13,15H2,1H3. The number of thioether (sulfide) groups is 1. The van der Waals surface area contributed by atoms with E-state index in [9.17, 15) is 0 Å². The van der Waals surface area contributed by atoms with Gasteiger partial charge < -0.3 is 4.74 Å². The van der Waals surface area contributed by atoms with Gasteiger partial charge in [0.05, 0.1) is 12.9 Å². The van der Waals surface area contributed by atoms with Crippen LogP contribution >= 0.6 is 11.8 Å². The Morgan fingerprint density at radius 2 is 1.89 bits per heavy atom. The minimum absolute atomic E-state index is 0.510. The SMILES string of the molecule is CC1(CCOC=C2CCCCC2)CCCCCSC1. The fourth-order valence-electron chi connectivity index (χ4n) is 3.13. The molecule has 1 unspecified atom stereocenters. The van der Waals surface area contributed by atoms with Gasteiger partial charge in [0.25, 0.3) is 0 Å². The minimum Gasteiger partial charge on any atom is -0.501 e. The third-order valence-corrected chi connectivity index (χ3v) is 6.07. The van der Waals surface area contributed by atoms with Crippen LogP contribution in [0.1, 0.15) is 71.1 Å². The molecule has 1 saturated carbocycles. The molecular formula is C17H30OS. The highest BCUT2D eigenvalue weighted by Gasteiger charge is 2.24. The van der Waals surface area contributed by atoms with E-state index in [1.54, 1.807) is 5.57 Å². The van der Waals surface area contributed by atoms with Crippen molar-refractivity contribution in [2.45, 2.75) is 71.1 Å². The van der Waals surface area contributed by atoms with Gasteiger partial charge in [-0.15, -0.1) is 0 Å². The monoisotopic (exact) mass is 282 g/mol. The lowest BCUT2D eigenvalue weighted by molar-refractivity contribution is 0.177. The van der Waals surface area contributed by atoms with Gasteiger partial charge in [0.15, 0.2) is 0 Å². The second kappa shape index (κ2) is 8.24. The summed E-state index contributed by atoms with van der Waals surface area (Å²) in [6.45, 7) is 3.38. The Bertz CT molecular complexity index is 269. The van der Waals surface area contributed by atoms with E-state index in [0.717, 1.165) is 6.61 Å². The van der Waals surface area contributed by atoms with E-state index in [1.165, 1.54) is 75.7 Å². The van der Waals surface area contributed by atoms with Crippen LogP contribution in [-0.2, 0) is 4.74 Å². The van der Waals surface area contributed by atoms with Crippen molar-refractivity contribution in [2.75, 3.05) is 18.1 Å². The molecule has 0 bridgehead atoms. The van der Waals surface area contributed by atoms with Gasteiger partial charge in [-0.2, -0.15) is 11.8 Å². The van der Waals surface area contributed by atoms with Crippen LogP contribution in [0.5, 0.6) is 0 Å². The fraction of sp³-hybridized carbons (Fsp3) is 0.882. The number of hydrogen-bond donors (Lipinski definition) is 0. The zero-order chi connectivity index (χ0) is 13.4. The molecule has 110 valence electrons. The minimum atomic E-state index is 0.510. The molecule has 1 saturated heterocycles. The molecule has 0 spiro atoms. The van der Waals surface area contributed by atoms with E-state index in [4.69, 9.17) is 4.74 Å². The molecule has 19 heavy (non-hydrogen) atoms. The molecule has 1 aliphatic heterocycles. The van der Waals surface area contributed by atoms with E-state index in [-0.39, 0.29) is 0 Å². The van der Waals surface area contributed by atoms with E-state index in [1.807, 2.05) is 0 Å². The quantitative estimate of drug-likeness (QED) is 0.493. The third kappa shape index (κ3) is 5.81. The maximum atomic E-state index is 5.84. The molecule has 2 aliphatic rings. The molecular weight excluding hydrogens is 252 g/mol. The molecule has 0 aromatic heterocycles. The van der Waals surface area contributed by atoms with Crippen molar-refractivity contribution in [3.63, 3.8) is 0 Å². The van der Waals surface area contributed by atoms with Crippen LogP contribution in [0.15, 0.2) is 11.8 Å². The number of rotatable bonds is 4.